The van der Waals surface area contributed by atoms with E-state index in [1.165, 1.54) is 30.4 Å². The Morgan fingerprint density at radius 1 is 1.06 bits per heavy atom. The normalized spacial score (nSPS) is 25.2. The van der Waals surface area contributed by atoms with Gasteiger partial charge >= 0.3 is 0 Å². The molecule has 1 heteroatoms. The summed E-state index contributed by atoms with van der Waals surface area (Å²) in [6.45, 7) is 6.82. The van der Waals surface area contributed by atoms with E-state index in [-0.39, 0.29) is 5.41 Å². The second kappa shape index (κ2) is 4.81. The summed E-state index contributed by atoms with van der Waals surface area (Å²) in [5.74, 6) is 0.717. The Bertz CT molecular complexity index is 358. The van der Waals surface area contributed by atoms with Crippen molar-refractivity contribution in [2.24, 2.45) is 0 Å². The standard InChI is InChI=1S/C16H25N/c1-16(2,3)13-10-8-12(9-11-13)14-6-5-7-15(14)17-4/h8-11,14-15,17H,5-7H2,1-4H3. The number of hydrogen-bond acceptors (Lipinski definition) is 1. The molecule has 0 amide bonds. The first-order chi connectivity index (χ1) is 8.02. The van der Waals surface area contributed by atoms with Gasteiger partial charge in [0.2, 0.25) is 0 Å². The van der Waals surface area contributed by atoms with Crippen LogP contribution in [-0.4, -0.2) is 13.1 Å². The van der Waals surface area contributed by atoms with E-state index < -0.39 is 0 Å². The Labute approximate surface area is 106 Å². The minimum Gasteiger partial charge on any atom is -0.316 e. The summed E-state index contributed by atoms with van der Waals surface area (Å²) in [6.07, 6.45) is 4.01. The first kappa shape index (κ1) is 12.6. The SMILES string of the molecule is CNC1CCCC1c1ccc(C(C)(C)C)cc1. The van der Waals surface area contributed by atoms with Gasteiger partial charge in [0.1, 0.15) is 0 Å². The minimum absolute atomic E-state index is 0.261. The molecular formula is C16H25N. The molecule has 0 saturated heterocycles. The largest absolute Gasteiger partial charge is 0.316 e. The highest BCUT2D eigenvalue weighted by Gasteiger charge is 2.27. The van der Waals surface area contributed by atoms with Crippen molar-refractivity contribution in [3.05, 3.63) is 35.4 Å². The fourth-order valence-corrected chi connectivity index (χ4v) is 2.93. The summed E-state index contributed by atoms with van der Waals surface area (Å²) in [6, 6.07) is 9.96. The lowest BCUT2D eigenvalue weighted by Gasteiger charge is -2.22. The minimum atomic E-state index is 0.261. The molecule has 0 radical (unpaired) electrons. The molecule has 2 atom stereocenters. The molecule has 17 heavy (non-hydrogen) atoms. The molecule has 0 aromatic heterocycles. The van der Waals surface area contributed by atoms with Crippen LogP contribution >= 0.6 is 0 Å². The van der Waals surface area contributed by atoms with Gasteiger partial charge in [0, 0.05) is 6.04 Å². The lowest BCUT2D eigenvalue weighted by atomic mass is 9.85. The lowest BCUT2D eigenvalue weighted by molar-refractivity contribution is 0.521. The summed E-state index contributed by atoms with van der Waals surface area (Å²) in [5.41, 5.74) is 3.20. The van der Waals surface area contributed by atoms with Crippen molar-refractivity contribution in [2.45, 2.75) is 57.4 Å². The summed E-state index contributed by atoms with van der Waals surface area (Å²) in [4.78, 5) is 0. The molecule has 1 aromatic carbocycles. The Kier molecular flexibility index (Phi) is 3.58. The predicted octanol–water partition coefficient (Wildman–Crippen LogP) is 3.84. The van der Waals surface area contributed by atoms with E-state index in [1.54, 1.807) is 0 Å². The van der Waals surface area contributed by atoms with Crippen molar-refractivity contribution in [2.75, 3.05) is 7.05 Å². The molecule has 1 fully saturated rings. The van der Waals surface area contributed by atoms with Crippen LogP contribution in [0, 0.1) is 0 Å². The maximum Gasteiger partial charge on any atom is 0.0133 e. The molecule has 1 aliphatic carbocycles. The van der Waals surface area contributed by atoms with Gasteiger partial charge in [-0.15, -0.1) is 0 Å². The van der Waals surface area contributed by atoms with Crippen molar-refractivity contribution in [3.8, 4) is 0 Å². The zero-order valence-corrected chi connectivity index (χ0v) is 11.6. The molecule has 94 valence electrons. The number of likely N-dealkylation sites (N-methyl/N-ethyl adjacent to an activating group) is 1. The summed E-state index contributed by atoms with van der Waals surface area (Å²) in [5, 5.41) is 3.46. The Morgan fingerprint density at radius 2 is 1.71 bits per heavy atom. The van der Waals surface area contributed by atoms with Crippen molar-refractivity contribution in [1.82, 2.24) is 5.32 Å². The molecule has 0 aliphatic heterocycles. The van der Waals surface area contributed by atoms with Crippen LogP contribution in [0.1, 0.15) is 57.1 Å². The second-order valence-electron chi connectivity index (χ2n) is 6.30. The molecule has 2 rings (SSSR count). The fraction of sp³-hybridized carbons (Fsp3) is 0.625. The maximum absolute atomic E-state index is 3.46. The second-order valence-corrected chi connectivity index (χ2v) is 6.30. The molecule has 1 N–H and O–H groups in total. The number of benzene rings is 1. The van der Waals surface area contributed by atoms with Crippen LogP contribution in [0.4, 0.5) is 0 Å². The van der Waals surface area contributed by atoms with Gasteiger partial charge in [0.25, 0.3) is 0 Å². The topological polar surface area (TPSA) is 12.0 Å². The van der Waals surface area contributed by atoms with E-state index in [1.807, 2.05) is 0 Å². The quantitative estimate of drug-likeness (QED) is 0.815. The monoisotopic (exact) mass is 231 g/mol. The smallest absolute Gasteiger partial charge is 0.0133 e. The lowest BCUT2D eigenvalue weighted by Crippen LogP contribution is -2.27. The fourth-order valence-electron chi connectivity index (χ4n) is 2.93. The van der Waals surface area contributed by atoms with E-state index >= 15 is 0 Å². The molecule has 1 nitrogen and oxygen atoms in total. The average Bonchev–Trinajstić information content (AvgIpc) is 2.76. The third-order valence-electron chi connectivity index (χ3n) is 4.09. The predicted molar refractivity (Wildman–Crippen MR) is 74.6 cm³/mol. The van der Waals surface area contributed by atoms with Crippen molar-refractivity contribution in [3.63, 3.8) is 0 Å². The van der Waals surface area contributed by atoms with Gasteiger partial charge in [-0.05, 0) is 42.3 Å². The molecule has 1 aliphatic rings. The van der Waals surface area contributed by atoms with Crippen molar-refractivity contribution >= 4 is 0 Å². The highest BCUT2D eigenvalue weighted by Crippen LogP contribution is 2.35. The van der Waals surface area contributed by atoms with E-state index in [9.17, 15) is 0 Å². The third-order valence-corrected chi connectivity index (χ3v) is 4.09. The summed E-state index contributed by atoms with van der Waals surface area (Å²) >= 11 is 0. The highest BCUT2D eigenvalue weighted by atomic mass is 14.9. The molecule has 1 aromatic rings. The molecule has 0 spiro atoms. The number of rotatable bonds is 2. The van der Waals surface area contributed by atoms with Crippen LogP contribution in [0.5, 0.6) is 0 Å². The van der Waals surface area contributed by atoms with Crippen molar-refractivity contribution < 1.29 is 0 Å². The van der Waals surface area contributed by atoms with Crippen LogP contribution in [-0.2, 0) is 5.41 Å². The third kappa shape index (κ3) is 2.71. The Hall–Kier alpha value is -0.820. The van der Waals surface area contributed by atoms with Crippen LogP contribution in [0.25, 0.3) is 0 Å². The van der Waals surface area contributed by atoms with E-state index in [0.29, 0.717) is 12.0 Å². The van der Waals surface area contributed by atoms with E-state index in [4.69, 9.17) is 0 Å². The van der Waals surface area contributed by atoms with Gasteiger partial charge in [0.15, 0.2) is 0 Å². The molecular weight excluding hydrogens is 206 g/mol. The van der Waals surface area contributed by atoms with Gasteiger partial charge in [-0.25, -0.2) is 0 Å². The van der Waals surface area contributed by atoms with Crippen LogP contribution in [0.2, 0.25) is 0 Å². The summed E-state index contributed by atoms with van der Waals surface area (Å²) < 4.78 is 0. The van der Waals surface area contributed by atoms with Crippen LogP contribution < -0.4 is 5.32 Å². The maximum atomic E-state index is 3.46. The molecule has 2 unspecified atom stereocenters. The van der Waals surface area contributed by atoms with Crippen molar-refractivity contribution in [1.29, 1.82) is 0 Å². The molecule has 1 saturated carbocycles. The van der Waals surface area contributed by atoms with Crippen LogP contribution in [0.15, 0.2) is 24.3 Å². The Morgan fingerprint density at radius 3 is 2.24 bits per heavy atom. The molecule has 0 bridgehead atoms. The first-order valence-corrected chi connectivity index (χ1v) is 6.80. The summed E-state index contributed by atoms with van der Waals surface area (Å²) in [7, 11) is 2.09. The number of nitrogens with one attached hydrogen (secondary N) is 1. The van der Waals surface area contributed by atoms with E-state index in [0.717, 1.165) is 0 Å². The number of hydrogen-bond donors (Lipinski definition) is 1. The van der Waals surface area contributed by atoms with Gasteiger partial charge in [-0.3, -0.25) is 0 Å². The average molecular weight is 231 g/mol. The van der Waals surface area contributed by atoms with Crippen LogP contribution in [0.3, 0.4) is 0 Å². The molecule has 0 heterocycles. The Balaban J connectivity index is 2.18. The zero-order chi connectivity index (χ0) is 12.5. The van der Waals surface area contributed by atoms with Gasteiger partial charge in [0.05, 0.1) is 0 Å². The van der Waals surface area contributed by atoms with Gasteiger partial charge in [-0.1, -0.05) is 51.5 Å². The first-order valence-electron chi connectivity index (χ1n) is 6.80. The van der Waals surface area contributed by atoms with E-state index in [2.05, 4.69) is 57.4 Å². The highest BCUT2D eigenvalue weighted by molar-refractivity contribution is 5.30. The zero-order valence-electron chi connectivity index (χ0n) is 11.6. The van der Waals surface area contributed by atoms with Gasteiger partial charge in [-0.2, -0.15) is 0 Å². The van der Waals surface area contributed by atoms with Gasteiger partial charge < -0.3 is 5.32 Å².